The third kappa shape index (κ3) is 4.87. The van der Waals surface area contributed by atoms with Crippen LogP contribution in [0.3, 0.4) is 0 Å². The van der Waals surface area contributed by atoms with Crippen LogP contribution in [-0.4, -0.2) is 26.5 Å². The van der Waals surface area contributed by atoms with Crippen molar-refractivity contribution in [3.63, 3.8) is 0 Å². The van der Waals surface area contributed by atoms with Gasteiger partial charge in [0.05, 0.1) is 35.4 Å². The van der Waals surface area contributed by atoms with Gasteiger partial charge in [0.1, 0.15) is 0 Å². The molecule has 1 aromatic heterocycles. The van der Waals surface area contributed by atoms with E-state index in [1.165, 1.54) is 18.5 Å². The smallest absolute Gasteiger partial charge is 0.416 e. The summed E-state index contributed by atoms with van der Waals surface area (Å²) in [5, 5.41) is 12.0. The monoisotopic (exact) mass is 453 g/mol. The van der Waals surface area contributed by atoms with Crippen molar-refractivity contribution in [1.82, 2.24) is 9.55 Å². The van der Waals surface area contributed by atoms with E-state index in [0.717, 1.165) is 17.7 Å². The molecule has 1 heterocycles. The largest absolute Gasteiger partial charge is 0.481 e. The zero-order chi connectivity index (χ0) is 23.6. The van der Waals surface area contributed by atoms with Gasteiger partial charge < -0.3 is 15.0 Å². The van der Waals surface area contributed by atoms with Crippen LogP contribution >= 0.6 is 0 Å². The van der Waals surface area contributed by atoms with E-state index in [0.29, 0.717) is 16.7 Å². The number of imidazole rings is 1. The van der Waals surface area contributed by atoms with Gasteiger partial charge in [0, 0.05) is 11.3 Å². The summed E-state index contributed by atoms with van der Waals surface area (Å²) < 4.78 is 40.6. The Kier molecular flexibility index (Phi) is 5.87. The maximum Gasteiger partial charge on any atom is 0.416 e. The second-order valence-corrected chi connectivity index (χ2v) is 7.41. The predicted octanol–water partition coefficient (Wildman–Crippen LogP) is 5.37. The van der Waals surface area contributed by atoms with E-state index in [4.69, 9.17) is 0 Å². The number of anilines is 1. The molecule has 1 amide bonds. The number of rotatable bonds is 6. The van der Waals surface area contributed by atoms with Gasteiger partial charge in [-0.3, -0.25) is 9.59 Å². The minimum atomic E-state index is -4.56. The zero-order valence-corrected chi connectivity index (χ0v) is 17.1. The summed E-state index contributed by atoms with van der Waals surface area (Å²) in [6, 6.07) is 17.5. The minimum absolute atomic E-state index is 0.133. The van der Waals surface area contributed by atoms with E-state index in [1.54, 1.807) is 22.8 Å². The SMILES string of the molecule is O=C(O)CC(c1ccccc1)n1cnc2ccc(NC(=O)c3cccc(C(F)(F)F)c3)cc21. The van der Waals surface area contributed by atoms with Gasteiger partial charge in [-0.25, -0.2) is 4.98 Å². The third-order valence-corrected chi connectivity index (χ3v) is 5.17. The van der Waals surface area contributed by atoms with Gasteiger partial charge in [-0.05, 0) is 42.0 Å². The number of aliphatic carboxylic acids is 1. The molecule has 0 aliphatic carbocycles. The number of nitrogens with zero attached hydrogens (tertiary/aromatic N) is 2. The number of fused-ring (bicyclic) bond motifs is 1. The fourth-order valence-corrected chi connectivity index (χ4v) is 3.61. The van der Waals surface area contributed by atoms with Gasteiger partial charge in [-0.15, -0.1) is 0 Å². The third-order valence-electron chi connectivity index (χ3n) is 5.17. The predicted molar refractivity (Wildman–Crippen MR) is 116 cm³/mol. The Morgan fingerprint density at radius 3 is 2.45 bits per heavy atom. The molecule has 0 bridgehead atoms. The Morgan fingerprint density at radius 1 is 1.00 bits per heavy atom. The van der Waals surface area contributed by atoms with Crippen LogP contribution in [0.25, 0.3) is 11.0 Å². The first-order valence-electron chi connectivity index (χ1n) is 9.94. The van der Waals surface area contributed by atoms with Crippen molar-refractivity contribution in [2.24, 2.45) is 0 Å². The van der Waals surface area contributed by atoms with Gasteiger partial charge in [0.25, 0.3) is 5.91 Å². The van der Waals surface area contributed by atoms with Crippen molar-refractivity contribution in [2.45, 2.75) is 18.6 Å². The Balaban J connectivity index is 1.67. The van der Waals surface area contributed by atoms with E-state index in [2.05, 4.69) is 10.3 Å². The maximum atomic E-state index is 13.0. The summed E-state index contributed by atoms with van der Waals surface area (Å²) in [5.41, 5.74) is 1.23. The first kappa shape index (κ1) is 22.1. The van der Waals surface area contributed by atoms with Crippen LogP contribution in [0.15, 0.2) is 79.1 Å². The highest BCUT2D eigenvalue weighted by molar-refractivity contribution is 6.05. The highest BCUT2D eigenvalue weighted by Crippen LogP contribution is 2.30. The standard InChI is InChI=1S/C24H18F3N3O3/c25-24(26,27)17-8-4-7-16(11-17)23(33)29-18-9-10-19-21(12-18)30(14-28-19)20(13-22(31)32)15-5-2-1-3-6-15/h1-12,14,20H,13H2,(H,29,33)(H,31,32). The highest BCUT2D eigenvalue weighted by atomic mass is 19.4. The van der Waals surface area contributed by atoms with Crippen LogP contribution < -0.4 is 5.32 Å². The molecular weight excluding hydrogens is 435 g/mol. The van der Waals surface area contributed by atoms with Crippen molar-refractivity contribution in [3.05, 3.63) is 95.8 Å². The molecule has 4 rings (SSSR count). The summed E-state index contributed by atoms with van der Waals surface area (Å²) in [6.45, 7) is 0. The van der Waals surface area contributed by atoms with Gasteiger partial charge in [-0.1, -0.05) is 36.4 Å². The molecule has 3 aromatic carbocycles. The normalized spacial score (nSPS) is 12.5. The topological polar surface area (TPSA) is 84.2 Å². The highest BCUT2D eigenvalue weighted by Gasteiger charge is 2.31. The molecule has 1 unspecified atom stereocenters. The van der Waals surface area contributed by atoms with Crippen LogP contribution in [0.1, 0.15) is 33.9 Å². The minimum Gasteiger partial charge on any atom is -0.481 e. The van der Waals surface area contributed by atoms with Gasteiger partial charge >= 0.3 is 12.1 Å². The number of carboxylic acids is 1. The first-order valence-corrected chi connectivity index (χ1v) is 9.94. The molecule has 0 aliphatic rings. The van der Waals surface area contributed by atoms with Gasteiger partial charge in [0.2, 0.25) is 0 Å². The molecule has 9 heteroatoms. The molecule has 0 spiro atoms. The first-order chi connectivity index (χ1) is 15.7. The number of alkyl halides is 3. The van der Waals surface area contributed by atoms with Crippen LogP contribution in [0.2, 0.25) is 0 Å². The summed E-state index contributed by atoms with van der Waals surface area (Å²) >= 11 is 0. The number of benzene rings is 3. The molecule has 0 saturated carbocycles. The van der Waals surface area contributed by atoms with Crippen molar-refractivity contribution >= 4 is 28.6 Å². The molecule has 4 aromatic rings. The number of hydrogen-bond donors (Lipinski definition) is 2. The molecule has 168 valence electrons. The zero-order valence-electron chi connectivity index (χ0n) is 17.1. The lowest BCUT2D eigenvalue weighted by molar-refractivity contribution is -0.138. The van der Waals surface area contributed by atoms with E-state index in [9.17, 15) is 27.9 Å². The van der Waals surface area contributed by atoms with Crippen molar-refractivity contribution in [1.29, 1.82) is 0 Å². The number of aromatic nitrogens is 2. The fourth-order valence-electron chi connectivity index (χ4n) is 3.61. The number of carbonyl (C=O) groups is 2. The van der Waals surface area contributed by atoms with Crippen LogP contribution in [0, 0.1) is 0 Å². The van der Waals surface area contributed by atoms with Crippen LogP contribution in [0.5, 0.6) is 0 Å². The average Bonchev–Trinajstić information content (AvgIpc) is 3.20. The van der Waals surface area contributed by atoms with Crippen molar-refractivity contribution in [3.8, 4) is 0 Å². The summed E-state index contributed by atoms with van der Waals surface area (Å²) in [6.07, 6.45) is -3.21. The molecule has 0 fully saturated rings. The molecule has 0 aliphatic heterocycles. The van der Waals surface area contributed by atoms with E-state index < -0.39 is 29.7 Å². The number of nitrogens with one attached hydrogen (secondary N) is 1. The lowest BCUT2D eigenvalue weighted by Gasteiger charge is -2.18. The Hall–Kier alpha value is -4.14. The van der Waals surface area contributed by atoms with Crippen LogP contribution in [0.4, 0.5) is 18.9 Å². The van der Waals surface area contributed by atoms with Crippen molar-refractivity contribution < 1.29 is 27.9 Å². The molecule has 33 heavy (non-hydrogen) atoms. The molecule has 0 radical (unpaired) electrons. The van der Waals surface area contributed by atoms with Gasteiger partial charge in [-0.2, -0.15) is 13.2 Å². The second-order valence-electron chi connectivity index (χ2n) is 7.41. The summed E-state index contributed by atoms with van der Waals surface area (Å²) in [7, 11) is 0. The number of carbonyl (C=O) groups excluding carboxylic acids is 1. The number of carboxylic acid groups (broad SMARTS) is 1. The van der Waals surface area contributed by atoms with Crippen LogP contribution in [-0.2, 0) is 11.0 Å². The summed E-state index contributed by atoms with van der Waals surface area (Å²) in [5.74, 6) is -1.68. The van der Waals surface area contributed by atoms with Gasteiger partial charge in [0.15, 0.2) is 0 Å². The number of hydrogen-bond acceptors (Lipinski definition) is 3. The van der Waals surface area contributed by atoms with Crippen molar-refractivity contribution in [2.75, 3.05) is 5.32 Å². The molecule has 2 N–H and O–H groups in total. The quantitative estimate of drug-likeness (QED) is 0.411. The molecular formula is C24H18F3N3O3. The second kappa shape index (κ2) is 8.78. The molecule has 0 saturated heterocycles. The maximum absolute atomic E-state index is 13.0. The Bertz CT molecular complexity index is 1320. The Labute approximate surface area is 186 Å². The Morgan fingerprint density at radius 2 is 1.76 bits per heavy atom. The average molecular weight is 453 g/mol. The fraction of sp³-hybridized carbons (Fsp3) is 0.125. The lowest BCUT2D eigenvalue weighted by atomic mass is 10.0. The molecule has 1 atom stereocenters. The lowest BCUT2D eigenvalue weighted by Crippen LogP contribution is -2.15. The van der Waals surface area contributed by atoms with E-state index >= 15 is 0 Å². The number of halogens is 3. The van der Waals surface area contributed by atoms with E-state index in [-0.39, 0.29) is 12.0 Å². The molecule has 6 nitrogen and oxygen atoms in total. The summed E-state index contributed by atoms with van der Waals surface area (Å²) in [4.78, 5) is 28.4. The van der Waals surface area contributed by atoms with E-state index in [1.807, 2.05) is 30.3 Å². The number of amides is 1.